The van der Waals surface area contributed by atoms with Crippen LogP contribution in [0.2, 0.25) is 0 Å². The second-order valence-electron chi connectivity index (χ2n) is 5.32. The number of hydrogen-bond acceptors (Lipinski definition) is 6. The van der Waals surface area contributed by atoms with E-state index in [1.165, 1.54) is 30.3 Å². The molecule has 0 bridgehead atoms. The van der Waals surface area contributed by atoms with Crippen molar-refractivity contribution in [3.63, 3.8) is 0 Å². The summed E-state index contributed by atoms with van der Waals surface area (Å²) in [5, 5.41) is 13.8. The maximum Gasteiger partial charge on any atom is 0.409 e. The minimum atomic E-state index is -1.21. The molecule has 0 aliphatic heterocycles. The molecule has 1 aromatic heterocycles. The molecule has 0 spiro atoms. The third-order valence-electron chi connectivity index (χ3n) is 3.43. The molecule has 0 saturated carbocycles. The average Bonchev–Trinajstić information content (AvgIpc) is 2.98. The predicted octanol–water partition coefficient (Wildman–Crippen LogP) is 4.07. The summed E-state index contributed by atoms with van der Waals surface area (Å²) in [5.41, 5.74) is 6.66. The fourth-order valence-electron chi connectivity index (χ4n) is 2.20. The third kappa shape index (κ3) is 4.18. The normalized spacial score (nSPS) is 10.4. The van der Waals surface area contributed by atoms with Crippen molar-refractivity contribution in [2.45, 2.75) is 0 Å². The fourth-order valence-corrected chi connectivity index (χ4v) is 3.07. The summed E-state index contributed by atoms with van der Waals surface area (Å²) in [5.74, 6) is -2.40. The molecule has 0 saturated heterocycles. The molecule has 138 valence electrons. The number of thiazole rings is 1. The van der Waals surface area contributed by atoms with E-state index in [9.17, 15) is 18.4 Å². The number of carbonyl (C=O) groups is 2. The van der Waals surface area contributed by atoms with Gasteiger partial charge in [-0.05, 0) is 36.4 Å². The number of nitrogens with one attached hydrogen (secondary N) is 2. The van der Waals surface area contributed by atoms with Crippen LogP contribution in [-0.2, 0) is 0 Å². The first kappa shape index (κ1) is 18.3. The van der Waals surface area contributed by atoms with E-state index in [1.54, 1.807) is 0 Å². The minimum absolute atomic E-state index is 0.0113. The molecule has 10 heteroatoms. The van der Waals surface area contributed by atoms with E-state index in [1.807, 2.05) is 0 Å². The summed E-state index contributed by atoms with van der Waals surface area (Å²) in [6.45, 7) is 0. The molecule has 5 N–H and O–H groups in total. The van der Waals surface area contributed by atoms with Crippen LogP contribution in [-0.4, -0.2) is 22.0 Å². The maximum atomic E-state index is 13.3. The molecule has 7 nitrogen and oxygen atoms in total. The Morgan fingerprint density at radius 3 is 2.33 bits per heavy atom. The summed E-state index contributed by atoms with van der Waals surface area (Å²) < 4.78 is 26.3. The van der Waals surface area contributed by atoms with Crippen molar-refractivity contribution in [3.05, 3.63) is 64.5 Å². The molecule has 0 aliphatic carbocycles. The number of benzene rings is 2. The molecular weight excluding hydrogens is 378 g/mol. The Labute approximate surface area is 155 Å². The van der Waals surface area contributed by atoms with Crippen LogP contribution < -0.4 is 16.4 Å². The van der Waals surface area contributed by atoms with E-state index >= 15 is 0 Å². The first-order valence-electron chi connectivity index (χ1n) is 7.46. The quantitative estimate of drug-likeness (QED) is 0.488. The van der Waals surface area contributed by atoms with E-state index in [2.05, 4.69) is 15.6 Å². The van der Waals surface area contributed by atoms with Gasteiger partial charge in [-0.2, -0.15) is 0 Å². The Hall–Kier alpha value is -3.53. The molecule has 0 atom stereocenters. The maximum absolute atomic E-state index is 13.3. The van der Waals surface area contributed by atoms with Crippen molar-refractivity contribution in [1.82, 2.24) is 4.98 Å². The minimum Gasteiger partial charge on any atom is -0.465 e. The van der Waals surface area contributed by atoms with Crippen molar-refractivity contribution < 1.29 is 23.5 Å². The smallest absolute Gasteiger partial charge is 0.409 e. The van der Waals surface area contributed by atoms with Gasteiger partial charge in [-0.25, -0.2) is 18.6 Å². The Balaban J connectivity index is 1.79. The van der Waals surface area contributed by atoms with E-state index < -0.39 is 23.5 Å². The van der Waals surface area contributed by atoms with Gasteiger partial charge in [0.2, 0.25) is 5.78 Å². The average molecular weight is 390 g/mol. The summed E-state index contributed by atoms with van der Waals surface area (Å²) in [4.78, 5) is 27.4. The zero-order valence-electron chi connectivity index (χ0n) is 13.5. The fraction of sp³-hybridized carbons (Fsp3) is 0. The zero-order chi connectivity index (χ0) is 19.6. The molecule has 27 heavy (non-hydrogen) atoms. The third-order valence-corrected chi connectivity index (χ3v) is 4.41. The van der Waals surface area contributed by atoms with Crippen LogP contribution in [0, 0.1) is 11.6 Å². The standard InChI is InChI=1S/C17H12F2N4O3S/c18-11-6-5-10(7-12(11)19)21-16-23-15(20)14(27-16)13(24)8-1-3-9(4-2-8)22-17(25)26/h1-7,22H,20H2,(H,21,23)(H,25,26). The molecule has 0 aliphatic rings. The van der Waals surface area contributed by atoms with Gasteiger partial charge in [0.05, 0.1) is 0 Å². The number of nitrogens with zero attached hydrogens (tertiary/aromatic N) is 1. The Bertz CT molecular complexity index is 1020. The van der Waals surface area contributed by atoms with E-state index in [0.29, 0.717) is 11.3 Å². The van der Waals surface area contributed by atoms with Crippen molar-refractivity contribution in [1.29, 1.82) is 0 Å². The Morgan fingerprint density at radius 1 is 1.04 bits per heavy atom. The van der Waals surface area contributed by atoms with Gasteiger partial charge >= 0.3 is 6.09 Å². The van der Waals surface area contributed by atoms with Crippen molar-refractivity contribution >= 4 is 45.5 Å². The topological polar surface area (TPSA) is 117 Å². The second-order valence-corrected chi connectivity index (χ2v) is 6.32. The Kier molecular flexibility index (Phi) is 4.99. The van der Waals surface area contributed by atoms with Crippen LogP contribution in [0.15, 0.2) is 42.5 Å². The van der Waals surface area contributed by atoms with Gasteiger partial charge in [0.25, 0.3) is 0 Å². The highest BCUT2D eigenvalue weighted by Gasteiger charge is 2.18. The highest BCUT2D eigenvalue weighted by Crippen LogP contribution is 2.30. The Morgan fingerprint density at radius 2 is 1.70 bits per heavy atom. The molecule has 0 fully saturated rings. The lowest BCUT2D eigenvalue weighted by Crippen LogP contribution is -2.07. The monoisotopic (exact) mass is 390 g/mol. The van der Waals surface area contributed by atoms with Gasteiger partial charge in [-0.15, -0.1) is 0 Å². The second kappa shape index (κ2) is 7.38. The van der Waals surface area contributed by atoms with Crippen LogP contribution in [0.25, 0.3) is 0 Å². The number of halogens is 2. The summed E-state index contributed by atoms with van der Waals surface area (Å²) >= 11 is 0.959. The highest BCUT2D eigenvalue weighted by molar-refractivity contribution is 7.18. The molecule has 3 aromatic rings. The number of anilines is 4. The van der Waals surface area contributed by atoms with Crippen molar-refractivity contribution in [2.75, 3.05) is 16.4 Å². The number of ketones is 1. The number of aromatic nitrogens is 1. The lowest BCUT2D eigenvalue weighted by molar-refractivity contribution is 0.104. The van der Waals surface area contributed by atoms with Crippen LogP contribution in [0.1, 0.15) is 15.2 Å². The highest BCUT2D eigenvalue weighted by atomic mass is 32.1. The van der Waals surface area contributed by atoms with E-state index in [0.717, 1.165) is 23.5 Å². The molecule has 3 rings (SSSR count). The van der Waals surface area contributed by atoms with Gasteiger partial charge in [0.1, 0.15) is 10.7 Å². The van der Waals surface area contributed by atoms with Crippen molar-refractivity contribution in [3.8, 4) is 0 Å². The number of nitrogens with two attached hydrogens (primary N) is 1. The lowest BCUT2D eigenvalue weighted by Gasteiger charge is -2.03. The SMILES string of the molecule is Nc1nc(Nc2ccc(F)c(F)c2)sc1C(=O)c1ccc(NC(=O)O)cc1. The number of carboxylic acid groups (broad SMARTS) is 1. The number of nitrogen functional groups attached to an aromatic ring is 1. The number of carbonyl (C=O) groups excluding carboxylic acids is 1. The van der Waals surface area contributed by atoms with Gasteiger partial charge < -0.3 is 16.2 Å². The molecule has 0 unspecified atom stereocenters. The summed E-state index contributed by atoms with van der Waals surface area (Å²) in [6, 6.07) is 9.05. The number of amides is 1. The van der Waals surface area contributed by atoms with Gasteiger partial charge in [0, 0.05) is 23.0 Å². The van der Waals surface area contributed by atoms with E-state index in [-0.39, 0.29) is 21.5 Å². The van der Waals surface area contributed by atoms with Crippen molar-refractivity contribution in [2.24, 2.45) is 0 Å². The van der Waals surface area contributed by atoms with Gasteiger partial charge in [-0.3, -0.25) is 10.1 Å². The van der Waals surface area contributed by atoms with E-state index in [4.69, 9.17) is 10.8 Å². The van der Waals surface area contributed by atoms with Crippen LogP contribution >= 0.6 is 11.3 Å². The largest absolute Gasteiger partial charge is 0.465 e. The van der Waals surface area contributed by atoms with Crippen LogP contribution in [0.3, 0.4) is 0 Å². The number of rotatable bonds is 5. The summed E-state index contributed by atoms with van der Waals surface area (Å²) in [7, 11) is 0. The number of hydrogen-bond donors (Lipinski definition) is 4. The molecule has 0 radical (unpaired) electrons. The van der Waals surface area contributed by atoms with Crippen LogP contribution in [0.4, 0.5) is 35.9 Å². The summed E-state index contributed by atoms with van der Waals surface area (Å²) in [6.07, 6.45) is -1.21. The van der Waals surface area contributed by atoms with Crippen LogP contribution in [0.5, 0.6) is 0 Å². The molecule has 1 heterocycles. The molecule has 2 aromatic carbocycles. The predicted molar refractivity (Wildman–Crippen MR) is 97.7 cm³/mol. The first-order chi connectivity index (χ1) is 12.8. The molecule has 1 amide bonds. The first-order valence-corrected chi connectivity index (χ1v) is 8.28. The lowest BCUT2D eigenvalue weighted by atomic mass is 10.1. The van der Waals surface area contributed by atoms with Gasteiger partial charge in [0.15, 0.2) is 16.8 Å². The molecular formula is C17H12F2N4O3S. The zero-order valence-corrected chi connectivity index (χ0v) is 14.3. The van der Waals surface area contributed by atoms with Gasteiger partial charge in [-0.1, -0.05) is 11.3 Å².